The van der Waals surface area contributed by atoms with E-state index in [2.05, 4.69) is 4.74 Å². The fraction of sp³-hybridized carbons (Fsp3) is 0.0769. The Labute approximate surface area is 116 Å². The van der Waals surface area contributed by atoms with E-state index in [0.29, 0.717) is 0 Å². The van der Waals surface area contributed by atoms with Crippen molar-refractivity contribution in [2.24, 2.45) is 0 Å². The van der Waals surface area contributed by atoms with Crippen LogP contribution >= 0.6 is 11.6 Å². The van der Waals surface area contributed by atoms with Crippen LogP contribution in [0.4, 0.5) is 23.2 Å². The van der Waals surface area contributed by atoms with Crippen molar-refractivity contribution in [3.05, 3.63) is 47.2 Å². The number of nitrogens with two attached hydrogens (primary N) is 1. The van der Waals surface area contributed by atoms with Crippen molar-refractivity contribution in [2.75, 3.05) is 5.73 Å². The molecule has 2 rings (SSSR count). The molecule has 0 fully saturated rings. The molecule has 2 nitrogen and oxygen atoms in total. The van der Waals surface area contributed by atoms with Crippen LogP contribution in [-0.4, -0.2) is 6.36 Å². The molecule has 0 aliphatic carbocycles. The van der Waals surface area contributed by atoms with Crippen molar-refractivity contribution in [2.45, 2.75) is 6.36 Å². The van der Waals surface area contributed by atoms with Gasteiger partial charge in [0.25, 0.3) is 0 Å². The lowest BCUT2D eigenvalue weighted by Gasteiger charge is -2.12. The number of nitrogen functional groups attached to an aromatic ring is 1. The van der Waals surface area contributed by atoms with Gasteiger partial charge in [-0.05, 0) is 36.4 Å². The van der Waals surface area contributed by atoms with Crippen LogP contribution < -0.4 is 10.5 Å². The van der Waals surface area contributed by atoms with E-state index in [4.69, 9.17) is 17.3 Å². The first-order valence-electron chi connectivity index (χ1n) is 5.37. The molecule has 0 aliphatic rings. The molecule has 2 aromatic carbocycles. The average molecular weight is 306 g/mol. The minimum Gasteiger partial charge on any atom is -0.406 e. The van der Waals surface area contributed by atoms with E-state index in [-0.39, 0.29) is 21.8 Å². The maximum atomic E-state index is 13.7. The van der Waals surface area contributed by atoms with Crippen LogP contribution in [0.1, 0.15) is 0 Å². The fourth-order valence-corrected chi connectivity index (χ4v) is 1.84. The number of halogens is 5. The SMILES string of the molecule is Nc1ccc(OC(F)(F)F)cc1-c1cc(Cl)ccc1F. The van der Waals surface area contributed by atoms with E-state index in [1.165, 1.54) is 18.2 Å². The van der Waals surface area contributed by atoms with Crippen molar-refractivity contribution in [1.82, 2.24) is 0 Å². The third-order valence-corrected chi connectivity index (χ3v) is 2.71. The second-order valence-electron chi connectivity index (χ2n) is 3.92. The standard InChI is InChI=1S/C13H8ClF4NO/c14-7-1-3-11(15)9(5-7)10-6-8(2-4-12(10)19)20-13(16,17)18/h1-6H,19H2. The van der Waals surface area contributed by atoms with Crippen LogP contribution in [-0.2, 0) is 0 Å². The molecule has 0 aromatic heterocycles. The van der Waals surface area contributed by atoms with E-state index in [0.717, 1.165) is 18.2 Å². The van der Waals surface area contributed by atoms with E-state index in [9.17, 15) is 17.6 Å². The van der Waals surface area contributed by atoms with Crippen LogP contribution in [0.15, 0.2) is 36.4 Å². The van der Waals surface area contributed by atoms with Gasteiger partial charge in [0.05, 0.1) is 0 Å². The smallest absolute Gasteiger partial charge is 0.406 e. The molecule has 0 saturated carbocycles. The van der Waals surface area contributed by atoms with E-state index in [1.807, 2.05) is 0 Å². The predicted octanol–water partition coefficient (Wildman–Crippen LogP) is 4.63. The molecule has 2 N–H and O–H groups in total. The molecule has 0 radical (unpaired) electrons. The highest BCUT2D eigenvalue weighted by Crippen LogP contribution is 2.34. The number of alkyl halides is 3. The Morgan fingerprint density at radius 3 is 2.35 bits per heavy atom. The summed E-state index contributed by atoms with van der Waals surface area (Å²) in [6.07, 6.45) is -4.83. The van der Waals surface area contributed by atoms with Crippen molar-refractivity contribution in [3.63, 3.8) is 0 Å². The number of hydrogen-bond acceptors (Lipinski definition) is 2. The molecule has 0 saturated heterocycles. The molecular weight excluding hydrogens is 298 g/mol. The molecule has 0 atom stereocenters. The van der Waals surface area contributed by atoms with E-state index < -0.39 is 17.9 Å². The van der Waals surface area contributed by atoms with Crippen LogP contribution in [0.3, 0.4) is 0 Å². The van der Waals surface area contributed by atoms with Gasteiger partial charge in [0.1, 0.15) is 11.6 Å². The summed E-state index contributed by atoms with van der Waals surface area (Å²) in [6, 6.07) is 6.98. The number of hydrogen-bond donors (Lipinski definition) is 1. The topological polar surface area (TPSA) is 35.2 Å². The quantitative estimate of drug-likeness (QED) is 0.648. The van der Waals surface area contributed by atoms with E-state index in [1.54, 1.807) is 0 Å². The second-order valence-corrected chi connectivity index (χ2v) is 4.36. The minimum absolute atomic E-state index is 0.00243. The zero-order valence-corrected chi connectivity index (χ0v) is 10.6. The summed E-state index contributed by atoms with van der Waals surface area (Å²) in [5, 5.41) is 0.239. The van der Waals surface area contributed by atoms with Crippen LogP contribution in [0.5, 0.6) is 5.75 Å². The van der Waals surface area contributed by atoms with Gasteiger partial charge in [0, 0.05) is 21.8 Å². The average Bonchev–Trinajstić information content (AvgIpc) is 2.33. The third-order valence-electron chi connectivity index (χ3n) is 2.48. The highest BCUT2D eigenvalue weighted by atomic mass is 35.5. The molecular formula is C13H8ClF4NO. The molecule has 2 aromatic rings. The zero-order chi connectivity index (χ0) is 14.9. The summed E-state index contributed by atoms with van der Waals surface area (Å²) in [7, 11) is 0. The first-order chi connectivity index (χ1) is 9.26. The van der Waals surface area contributed by atoms with Gasteiger partial charge < -0.3 is 10.5 Å². The zero-order valence-electron chi connectivity index (χ0n) is 9.84. The Morgan fingerprint density at radius 1 is 1.00 bits per heavy atom. The van der Waals surface area contributed by atoms with Gasteiger partial charge >= 0.3 is 6.36 Å². The molecule has 0 unspecified atom stereocenters. The highest BCUT2D eigenvalue weighted by molar-refractivity contribution is 6.30. The number of anilines is 1. The van der Waals surface area contributed by atoms with Crippen molar-refractivity contribution in [1.29, 1.82) is 0 Å². The second kappa shape index (κ2) is 5.20. The third kappa shape index (κ3) is 3.33. The summed E-state index contributed by atoms with van der Waals surface area (Å²) >= 11 is 5.75. The molecule has 0 aliphatic heterocycles. The Bertz CT molecular complexity index is 643. The summed E-state index contributed by atoms with van der Waals surface area (Å²) in [5.74, 6) is -1.13. The predicted molar refractivity (Wildman–Crippen MR) is 67.9 cm³/mol. The van der Waals surface area contributed by atoms with Crippen LogP contribution in [0, 0.1) is 5.82 Å². The van der Waals surface area contributed by atoms with Gasteiger partial charge in [0.2, 0.25) is 0 Å². The number of benzene rings is 2. The van der Waals surface area contributed by atoms with Gasteiger partial charge in [-0.25, -0.2) is 4.39 Å². The Hall–Kier alpha value is -1.95. The van der Waals surface area contributed by atoms with Gasteiger partial charge in [-0.1, -0.05) is 11.6 Å². The number of rotatable bonds is 2. The molecule has 20 heavy (non-hydrogen) atoms. The summed E-state index contributed by atoms with van der Waals surface area (Å²) in [4.78, 5) is 0. The van der Waals surface area contributed by atoms with Crippen molar-refractivity contribution >= 4 is 17.3 Å². The van der Waals surface area contributed by atoms with Crippen molar-refractivity contribution < 1.29 is 22.3 Å². The molecule has 0 spiro atoms. The largest absolute Gasteiger partial charge is 0.573 e. The summed E-state index contributed by atoms with van der Waals surface area (Å²) < 4.78 is 54.0. The molecule has 7 heteroatoms. The first-order valence-corrected chi connectivity index (χ1v) is 5.75. The Balaban J connectivity index is 2.50. The maximum Gasteiger partial charge on any atom is 0.573 e. The normalized spacial score (nSPS) is 11.4. The molecule has 0 bridgehead atoms. The Morgan fingerprint density at radius 2 is 1.70 bits per heavy atom. The van der Waals surface area contributed by atoms with Gasteiger partial charge in [-0.2, -0.15) is 0 Å². The Kier molecular flexibility index (Phi) is 3.76. The molecule has 106 valence electrons. The summed E-state index contributed by atoms with van der Waals surface area (Å²) in [5.41, 5.74) is 5.85. The molecule has 0 heterocycles. The lowest BCUT2D eigenvalue weighted by Crippen LogP contribution is -2.17. The fourth-order valence-electron chi connectivity index (χ4n) is 1.67. The monoisotopic (exact) mass is 305 g/mol. The van der Waals surface area contributed by atoms with Gasteiger partial charge in [-0.15, -0.1) is 13.2 Å². The van der Waals surface area contributed by atoms with E-state index >= 15 is 0 Å². The first kappa shape index (κ1) is 14.5. The lowest BCUT2D eigenvalue weighted by molar-refractivity contribution is -0.274. The maximum absolute atomic E-state index is 13.7. The highest BCUT2D eigenvalue weighted by Gasteiger charge is 2.31. The lowest BCUT2D eigenvalue weighted by atomic mass is 10.0. The summed E-state index contributed by atoms with van der Waals surface area (Å²) in [6.45, 7) is 0. The van der Waals surface area contributed by atoms with Gasteiger partial charge in [-0.3, -0.25) is 0 Å². The van der Waals surface area contributed by atoms with Crippen LogP contribution in [0.25, 0.3) is 11.1 Å². The van der Waals surface area contributed by atoms with Gasteiger partial charge in [0.15, 0.2) is 0 Å². The minimum atomic E-state index is -4.83. The van der Waals surface area contributed by atoms with Crippen molar-refractivity contribution in [3.8, 4) is 16.9 Å². The van der Waals surface area contributed by atoms with Crippen LogP contribution in [0.2, 0.25) is 5.02 Å². The number of ether oxygens (including phenoxy) is 1. The molecule has 0 amide bonds.